The van der Waals surface area contributed by atoms with Crippen LogP contribution in [0, 0.1) is 5.92 Å². The number of sulfonamides is 1. The fraction of sp³-hybridized carbons (Fsp3) is 1.00. The van der Waals surface area contributed by atoms with E-state index in [1.807, 2.05) is 13.8 Å². The van der Waals surface area contributed by atoms with Gasteiger partial charge in [-0.3, -0.25) is 0 Å². The molecular weight excluding hydrogens is 224 g/mol. The molecule has 16 heavy (non-hydrogen) atoms. The van der Waals surface area contributed by atoms with Crippen LogP contribution in [0.2, 0.25) is 0 Å². The van der Waals surface area contributed by atoms with E-state index < -0.39 is 10.0 Å². The molecule has 0 unspecified atom stereocenters. The maximum absolute atomic E-state index is 11.6. The zero-order chi connectivity index (χ0) is 12.0. The van der Waals surface area contributed by atoms with Crippen molar-refractivity contribution in [2.45, 2.75) is 45.6 Å². The lowest BCUT2D eigenvalue weighted by atomic mass is 10.2. The highest BCUT2D eigenvalue weighted by Gasteiger charge is 2.15. The summed E-state index contributed by atoms with van der Waals surface area (Å²) in [7, 11) is -3.05. The first-order valence-electron chi connectivity index (χ1n) is 6.20. The van der Waals surface area contributed by atoms with Crippen molar-refractivity contribution in [2.24, 2.45) is 5.92 Å². The third-order valence-corrected chi connectivity index (χ3v) is 4.36. The average molecular weight is 248 g/mol. The molecular formula is C11H24N2O2S. The first-order valence-corrected chi connectivity index (χ1v) is 7.85. The van der Waals surface area contributed by atoms with E-state index in [9.17, 15) is 8.42 Å². The summed E-state index contributed by atoms with van der Waals surface area (Å²) in [6.07, 6.45) is 4.02. The molecule has 1 heterocycles. The number of nitrogens with one attached hydrogen (secondary N) is 2. The predicted molar refractivity (Wildman–Crippen MR) is 66.9 cm³/mol. The molecule has 0 amide bonds. The molecule has 1 aliphatic rings. The fourth-order valence-electron chi connectivity index (χ4n) is 1.85. The highest BCUT2D eigenvalue weighted by atomic mass is 32.2. The van der Waals surface area contributed by atoms with Gasteiger partial charge in [0.15, 0.2) is 0 Å². The second kappa shape index (κ2) is 6.57. The quantitative estimate of drug-likeness (QED) is 0.709. The predicted octanol–water partition coefficient (Wildman–Crippen LogP) is 1.09. The molecule has 0 bridgehead atoms. The lowest BCUT2D eigenvalue weighted by Gasteiger charge is -2.11. The Kier molecular flexibility index (Phi) is 5.72. The minimum atomic E-state index is -3.05. The van der Waals surface area contributed by atoms with Gasteiger partial charge < -0.3 is 5.32 Å². The van der Waals surface area contributed by atoms with Crippen LogP contribution in [0.4, 0.5) is 0 Å². The molecule has 0 aromatic rings. The van der Waals surface area contributed by atoms with E-state index in [1.165, 1.54) is 12.8 Å². The SMILES string of the molecule is CC(C)CCS(=O)(=O)NCC[C@H]1CCCN1. The third-order valence-electron chi connectivity index (χ3n) is 2.94. The number of rotatable bonds is 7. The molecule has 0 aromatic heterocycles. The molecule has 1 fully saturated rings. The Hall–Kier alpha value is -0.130. The van der Waals surface area contributed by atoms with Gasteiger partial charge in [0.25, 0.3) is 0 Å². The Morgan fingerprint density at radius 3 is 2.75 bits per heavy atom. The van der Waals surface area contributed by atoms with Gasteiger partial charge in [-0.25, -0.2) is 13.1 Å². The minimum Gasteiger partial charge on any atom is -0.314 e. The Bertz CT molecular complexity index is 282. The van der Waals surface area contributed by atoms with Crippen LogP contribution in [0.25, 0.3) is 0 Å². The first-order chi connectivity index (χ1) is 7.49. The van der Waals surface area contributed by atoms with E-state index in [2.05, 4.69) is 10.0 Å². The van der Waals surface area contributed by atoms with Gasteiger partial charge in [-0.1, -0.05) is 13.8 Å². The summed E-state index contributed by atoms with van der Waals surface area (Å²) in [5.74, 6) is 0.691. The van der Waals surface area contributed by atoms with E-state index in [0.29, 0.717) is 18.5 Å². The molecule has 0 saturated carbocycles. The van der Waals surface area contributed by atoms with E-state index in [1.54, 1.807) is 0 Å². The lowest BCUT2D eigenvalue weighted by Crippen LogP contribution is -2.32. The van der Waals surface area contributed by atoms with E-state index in [0.717, 1.165) is 19.4 Å². The topological polar surface area (TPSA) is 58.2 Å². The molecule has 5 heteroatoms. The largest absolute Gasteiger partial charge is 0.314 e. The molecule has 0 aromatic carbocycles. The zero-order valence-corrected chi connectivity index (χ0v) is 11.1. The van der Waals surface area contributed by atoms with Gasteiger partial charge >= 0.3 is 0 Å². The standard InChI is InChI=1S/C11H24N2O2S/c1-10(2)6-9-16(14,15)13-8-5-11-4-3-7-12-11/h10-13H,3-9H2,1-2H3/t11-/m1/s1. The molecule has 1 atom stereocenters. The normalized spacial score (nSPS) is 21.8. The van der Waals surface area contributed by atoms with Gasteiger partial charge in [0.2, 0.25) is 10.0 Å². The fourth-order valence-corrected chi connectivity index (χ4v) is 3.21. The summed E-state index contributed by atoms with van der Waals surface area (Å²) in [5.41, 5.74) is 0. The summed E-state index contributed by atoms with van der Waals surface area (Å²) < 4.78 is 25.8. The molecule has 0 spiro atoms. The van der Waals surface area contributed by atoms with Gasteiger partial charge in [-0.2, -0.15) is 0 Å². The van der Waals surface area contributed by atoms with Crippen molar-refractivity contribution in [3.8, 4) is 0 Å². The second-order valence-corrected chi connectivity index (χ2v) is 6.90. The van der Waals surface area contributed by atoms with Crippen molar-refractivity contribution in [3.63, 3.8) is 0 Å². The van der Waals surface area contributed by atoms with Crippen molar-refractivity contribution in [3.05, 3.63) is 0 Å². The van der Waals surface area contributed by atoms with Gasteiger partial charge in [-0.15, -0.1) is 0 Å². The number of hydrogen-bond donors (Lipinski definition) is 2. The maximum atomic E-state index is 11.6. The summed E-state index contributed by atoms with van der Waals surface area (Å²) in [4.78, 5) is 0. The second-order valence-electron chi connectivity index (χ2n) is 4.98. The van der Waals surface area contributed by atoms with Crippen LogP contribution in [0.1, 0.15) is 39.5 Å². The Balaban J connectivity index is 2.14. The van der Waals surface area contributed by atoms with Crippen LogP contribution in [0.5, 0.6) is 0 Å². The molecule has 96 valence electrons. The van der Waals surface area contributed by atoms with Crippen molar-refractivity contribution < 1.29 is 8.42 Å². The van der Waals surface area contributed by atoms with Gasteiger partial charge in [-0.05, 0) is 38.1 Å². The molecule has 0 radical (unpaired) electrons. The van der Waals surface area contributed by atoms with Crippen LogP contribution in [-0.2, 0) is 10.0 Å². The monoisotopic (exact) mass is 248 g/mol. The summed E-state index contributed by atoms with van der Waals surface area (Å²) in [6, 6.07) is 0.507. The average Bonchev–Trinajstić information content (AvgIpc) is 2.68. The van der Waals surface area contributed by atoms with Crippen LogP contribution in [-0.4, -0.2) is 33.3 Å². The molecule has 0 aliphatic carbocycles. The smallest absolute Gasteiger partial charge is 0.211 e. The van der Waals surface area contributed by atoms with Crippen LogP contribution in [0.3, 0.4) is 0 Å². The van der Waals surface area contributed by atoms with Crippen molar-refractivity contribution in [2.75, 3.05) is 18.8 Å². The van der Waals surface area contributed by atoms with Gasteiger partial charge in [0, 0.05) is 12.6 Å². The van der Waals surface area contributed by atoms with Crippen LogP contribution >= 0.6 is 0 Å². The Labute approximate surface area is 99.2 Å². The van der Waals surface area contributed by atoms with E-state index >= 15 is 0 Å². The lowest BCUT2D eigenvalue weighted by molar-refractivity contribution is 0.533. The Morgan fingerprint density at radius 1 is 1.44 bits per heavy atom. The molecule has 1 rings (SSSR count). The maximum Gasteiger partial charge on any atom is 0.211 e. The molecule has 1 aliphatic heterocycles. The molecule has 4 nitrogen and oxygen atoms in total. The Morgan fingerprint density at radius 2 is 2.19 bits per heavy atom. The highest BCUT2D eigenvalue weighted by Crippen LogP contribution is 2.08. The highest BCUT2D eigenvalue weighted by molar-refractivity contribution is 7.89. The first kappa shape index (κ1) is 13.9. The van der Waals surface area contributed by atoms with E-state index in [4.69, 9.17) is 0 Å². The zero-order valence-electron chi connectivity index (χ0n) is 10.3. The van der Waals surface area contributed by atoms with Crippen LogP contribution in [0.15, 0.2) is 0 Å². The van der Waals surface area contributed by atoms with Crippen molar-refractivity contribution in [1.29, 1.82) is 0 Å². The van der Waals surface area contributed by atoms with Gasteiger partial charge in [0.1, 0.15) is 0 Å². The summed E-state index contributed by atoms with van der Waals surface area (Å²) in [5, 5.41) is 3.36. The minimum absolute atomic E-state index is 0.253. The van der Waals surface area contributed by atoms with Crippen molar-refractivity contribution in [1.82, 2.24) is 10.0 Å². The van der Waals surface area contributed by atoms with E-state index in [-0.39, 0.29) is 5.75 Å². The van der Waals surface area contributed by atoms with Crippen molar-refractivity contribution >= 4 is 10.0 Å². The van der Waals surface area contributed by atoms with Gasteiger partial charge in [0.05, 0.1) is 5.75 Å². The summed E-state index contributed by atoms with van der Waals surface area (Å²) in [6.45, 7) is 5.72. The summed E-state index contributed by atoms with van der Waals surface area (Å²) >= 11 is 0. The molecule has 1 saturated heterocycles. The van der Waals surface area contributed by atoms with Crippen LogP contribution < -0.4 is 10.0 Å². The third kappa shape index (κ3) is 5.82. The molecule has 2 N–H and O–H groups in total. The number of hydrogen-bond acceptors (Lipinski definition) is 3.